The molecule has 0 spiro atoms. The minimum atomic E-state index is -0.146. The van der Waals surface area contributed by atoms with E-state index in [4.69, 9.17) is 4.74 Å². The Morgan fingerprint density at radius 3 is 2.53 bits per heavy atom. The summed E-state index contributed by atoms with van der Waals surface area (Å²) in [5.74, 6) is 0.544. The van der Waals surface area contributed by atoms with Crippen molar-refractivity contribution in [3.8, 4) is 5.75 Å². The van der Waals surface area contributed by atoms with Gasteiger partial charge in [-0.3, -0.25) is 9.48 Å². The van der Waals surface area contributed by atoms with Crippen LogP contribution in [0, 0.1) is 13.8 Å². The van der Waals surface area contributed by atoms with Crippen LogP contribution in [0.15, 0.2) is 72.8 Å². The van der Waals surface area contributed by atoms with Crippen LogP contribution in [-0.2, 0) is 17.9 Å². The van der Waals surface area contributed by atoms with Crippen molar-refractivity contribution in [1.29, 1.82) is 0 Å². The number of hydrogen-bond acceptors (Lipinski definition) is 3. The molecule has 0 fully saturated rings. The smallest absolute Gasteiger partial charge is 0.258 e. The van der Waals surface area contributed by atoms with E-state index >= 15 is 0 Å². The number of carbonyl (C=O) groups is 1. The van der Waals surface area contributed by atoms with Crippen LogP contribution in [0.2, 0.25) is 0 Å². The summed E-state index contributed by atoms with van der Waals surface area (Å²) in [4.78, 5) is 12.2. The van der Waals surface area contributed by atoms with E-state index in [2.05, 4.69) is 41.6 Å². The zero-order valence-electron chi connectivity index (χ0n) is 17.3. The number of benzene rings is 3. The Morgan fingerprint density at radius 1 is 0.933 bits per heavy atom. The van der Waals surface area contributed by atoms with Crippen molar-refractivity contribution in [2.45, 2.75) is 26.9 Å². The zero-order chi connectivity index (χ0) is 20.9. The number of aromatic nitrogens is 2. The third kappa shape index (κ3) is 4.87. The van der Waals surface area contributed by atoms with E-state index in [1.165, 1.54) is 0 Å². The number of aryl methyl sites for hydroxylation is 2. The second-order valence-electron chi connectivity index (χ2n) is 7.48. The van der Waals surface area contributed by atoms with Crippen molar-refractivity contribution in [3.05, 3.63) is 95.3 Å². The highest BCUT2D eigenvalue weighted by molar-refractivity contribution is 5.84. The Labute approximate surface area is 176 Å². The summed E-state index contributed by atoms with van der Waals surface area (Å²) in [6.45, 7) is 5.22. The molecule has 0 saturated heterocycles. The van der Waals surface area contributed by atoms with E-state index in [1.54, 1.807) is 0 Å². The molecule has 0 aliphatic carbocycles. The van der Waals surface area contributed by atoms with Crippen molar-refractivity contribution in [1.82, 2.24) is 15.1 Å². The number of fused-ring (bicyclic) bond motifs is 1. The molecule has 30 heavy (non-hydrogen) atoms. The van der Waals surface area contributed by atoms with E-state index in [-0.39, 0.29) is 12.5 Å². The van der Waals surface area contributed by atoms with Crippen LogP contribution in [0.4, 0.5) is 0 Å². The molecule has 1 N–H and O–H groups in total. The number of hydrogen-bond donors (Lipinski definition) is 1. The minimum absolute atomic E-state index is 0.0101. The lowest BCUT2D eigenvalue weighted by Crippen LogP contribution is -2.28. The molecule has 0 aliphatic heterocycles. The fraction of sp³-hybridized carbons (Fsp3) is 0.200. The van der Waals surface area contributed by atoms with E-state index in [0.29, 0.717) is 18.8 Å². The number of nitrogens with one attached hydrogen (secondary N) is 1. The highest BCUT2D eigenvalue weighted by Gasteiger charge is 2.06. The molecule has 4 rings (SSSR count). The summed E-state index contributed by atoms with van der Waals surface area (Å²) in [5.41, 5.74) is 4.35. The average Bonchev–Trinajstić information content (AvgIpc) is 3.07. The Kier molecular flexibility index (Phi) is 5.80. The molecular formula is C25H25N3O2. The lowest BCUT2D eigenvalue weighted by molar-refractivity contribution is -0.123. The van der Waals surface area contributed by atoms with Gasteiger partial charge in [0.1, 0.15) is 5.75 Å². The summed E-state index contributed by atoms with van der Waals surface area (Å²) in [6.07, 6.45) is 0. The third-order valence-corrected chi connectivity index (χ3v) is 5.01. The molecule has 5 nitrogen and oxygen atoms in total. The van der Waals surface area contributed by atoms with Gasteiger partial charge < -0.3 is 10.1 Å². The van der Waals surface area contributed by atoms with Gasteiger partial charge in [0.2, 0.25) is 0 Å². The van der Waals surface area contributed by atoms with Crippen LogP contribution in [0.5, 0.6) is 5.75 Å². The maximum atomic E-state index is 12.2. The molecule has 1 aromatic heterocycles. The molecule has 0 radical (unpaired) electrons. The predicted octanol–water partition coefficient (Wildman–Crippen LogP) is 4.40. The molecule has 0 aliphatic rings. The standard InChI is InChI=1S/C25H25N3O2/c1-18-12-19(2)28(27-18)16-21-7-5-6-20(13-21)15-26-25(29)17-30-24-11-10-22-8-3-4-9-23(22)14-24/h3-14H,15-17H2,1-2H3,(H,26,29). The summed E-state index contributed by atoms with van der Waals surface area (Å²) in [7, 11) is 0. The number of amides is 1. The number of rotatable bonds is 7. The molecule has 1 heterocycles. The second kappa shape index (κ2) is 8.82. The van der Waals surface area contributed by atoms with Crippen LogP contribution in [0.3, 0.4) is 0 Å². The van der Waals surface area contributed by atoms with Gasteiger partial charge in [-0.2, -0.15) is 5.10 Å². The normalized spacial score (nSPS) is 10.9. The second-order valence-corrected chi connectivity index (χ2v) is 7.48. The van der Waals surface area contributed by atoms with Gasteiger partial charge in [-0.1, -0.05) is 54.6 Å². The van der Waals surface area contributed by atoms with Crippen molar-refractivity contribution >= 4 is 16.7 Å². The zero-order valence-corrected chi connectivity index (χ0v) is 17.3. The maximum absolute atomic E-state index is 12.2. The first-order chi connectivity index (χ1) is 14.6. The topological polar surface area (TPSA) is 56.2 Å². The first-order valence-corrected chi connectivity index (χ1v) is 10.0. The summed E-state index contributed by atoms with van der Waals surface area (Å²) < 4.78 is 7.65. The van der Waals surface area contributed by atoms with Crippen molar-refractivity contribution in [2.24, 2.45) is 0 Å². The van der Waals surface area contributed by atoms with E-state index in [0.717, 1.165) is 33.3 Å². The lowest BCUT2D eigenvalue weighted by Gasteiger charge is -2.10. The summed E-state index contributed by atoms with van der Waals surface area (Å²) in [6, 6.07) is 24.2. The summed E-state index contributed by atoms with van der Waals surface area (Å²) >= 11 is 0. The van der Waals surface area contributed by atoms with Gasteiger partial charge in [-0.05, 0) is 53.9 Å². The fourth-order valence-electron chi connectivity index (χ4n) is 3.50. The van der Waals surface area contributed by atoms with Gasteiger partial charge in [-0.15, -0.1) is 0 Å². The van der Waals surface area contributed by atoms with Gasteiger partial charge in [0.05, 0.1) is 12.2 Å². The Hall–Kier alpha value is -3.60. The Balaban J connectivity index is 1.30. The number of ether oxygens (including phenoxy) is 1. The molecule has 0 unspecified atom stereocenters. The molecule has 3 aromatic carbocycles. The van der Waals surface area contributed by atoms with Crippen molar-refractivity contribution in [3.63, 3.8) is 0 Å². The van der Waals surface area contributed by atoms with E-state index in [1.807, 2.05) is 60.1 Å². The highest BCUT2D eigenvalue weighted by atomic mass is 16.5. The Bertz CT molecular complexity index is 1180. The van der Waals surface area contributed by atoms with Crippen molar-refractivity contribution < 1.29 is 9.53 Å². The molecule has 0 saturated carbocycles. The first-order valence-electron chi connectivity index (χ1n) is 10.0. The van der Waals surface area contributed by atoms with Gasteiger partial charge in [0.25, 0.3) is 5.91 Å². The number of nitrogens with zero attached hydrogens (tertiary/aromatic N) is 2. The average molecular weight is 399 g/mol. The molecular weight excluding hydrogens is 374 g/mol. The van der Waals surface area contributed by atoms with Crippen LogP contribution >= 0.6 is 0 Å². The van der Waals surface area contributed by atoms with Gasteiger partial charge in [0.15, 0.2) is 6.61 Å². The maximum Gasteiger partial charge on any atom is 0.258 e. The molecule has 5 heteroatoms. The Morgan fingerprint density at radius 2 is 1.73 bits per heavy atom. The van der Waals surface area contributed by atoms with Gasteiger partial charge in [-0.25, -0.2) is 0 Å². The summed E-state index contributed by atoms with van der Waals surface area (Å²) in [5, 5.41) is 9.68. The minimum Gasteiger partial charge on any atom is -0.484 e. The fourth-order valence-corrected chi connectivity index (χ4v) is 3.50. The molecule has 0 atom stereocenters. The molecule has 4 aromatic rings. The van der Waals surface area contributed by atoms with Crippen LogP contribution in [0.25, 0.3) is 10.8 Å². The van der Waals surface area contributed by atoms with E-state index < -0.39 is 0 Å². The van der Waals surface area contributed by atoms with Crippen molar-refractivity contribution in [2.75, 3.05) is 6.61 Å². The predicted molar refractivity (Wildman–Crippen MR) is 119 cm³/mol. The molecule has 0 bridgehead atoms. The van der Waals surface area contributed by atoms with Crippen LogP contribution < -0.4 is 10.1 Å². The highest BCUT2D eigenvalue weighted by Crippen LogP contribution is 2.20. The number of carbonyl (C=O) groups excluding carboxylic acids is 1. The SMILES string of the molecule is Cc1cc(C)n(Cc2cccc(CNC(=O)COc3ccc4ccccc4c3)c2)n1. The van der Waals surface area contributed by atoms with Gasteiger partial charge >= 0.3 is 0 Å². The third-order valence-electron chi connectivity index (χ3n) is 5.01. The molecule has 1 amide bonds. The lowest BCUT2D eigenvalue weighted by atomic mass is 10.1. The monoisotopic (exact) mass is 399 g/mol. The molecule has 152 valence electrons. The van der Waals surface area contributed by atoms with Crippen LogP contribution in [0.1, 0.15) is 22.5 Å². The van der Waals surface area contributed by atoms with E-state index in [9.17, 15) is 4.79 Å². The first kappa shape index (κ1) is 19.7. The largest absolute Gasteiger partial charge is 0.484 e. The van der Waals surface area contributed by atoms with Crippen LogP contribution in [-0.4, -0.2) is 22.3 Å². The van der Waals surface area contributed by atoms with Gasteiger partial charge in [0, 0.05) is 12.2 Å². The quantitative estimate of drug-likeness (QED) is 0.501.